The van der Waals surface area contributed by atoms with E-state index in [1.807, 2.05) is 0 Å². The summed E-state index contributed by atoms with van der Waals surface area (Å²) in [4.78, 5) is 15.3. The van der Waals surface area contributed by atoms with Crippen molar-refractivity contribution in [1.29, 1.82) is 0 Å². The predicted octanol–water partition coefficient (Wildman–Crippen LogP) is 2.78. The van der Waals surface area contributed by atoms with Gasteiger partial charge in [-0.3, -0.25) is 0 Å². The van der Waals surface area contributed by atoms with E-state index in [4.69, 9.17) is 21.1 Å². The second-order valence-corrected chi connectivity index (χ2v) is 4.33. The van der Waals surface area contributed by atoms with E-state index in [9.17, 15) is 4.79 Å². The Balaban J connectivity index is 2.06. The highest BCUT2D eigenvalue weighted by Crippen LogP contribution is 2.04. The molecule has 0 saturated heterocycles. The number of ether oxygens (including phenoxy) is 2. The smallest absolute Gasteiger partial charge is 0.407 e. The second-order valence-electron chi connectivity index (χ2n) is 3.94. The summed E-state index contributed by atoms with van der Waals surface area (Å²) in [7, 11) is 0. The van der Waals surface area contributed by atoms with Crippen LogP contribution in [0.5, 0.6) is 0 Å². The average Bonchev–Trinajstić information content (AvgIpc) is 2.42. The molecule has 0 bridgehead atoms. The second kappa shape index (κ2) is 9.58. The Hall–Kier alpha value is -1.33. The lowest BCUT2D eigenvalue weighted by atomic mass is 10.3. The van der Waals surface area contributed by atoms with Crippen LogP contribution < -0.4 is 5.32 Å². The Morgan fingerprint density at radius 3 is 2.89 bits per heavy atom. The van der Waals surface area contributed by atoms with Crippen LogP contribution in [0.2, 0.25) is 5.15 Å². The lowest BCUT2D eigenvalue weighted by Gasteiger charge is -2.07. The first-order chi connectivity index (χ1) is 9.22. The third-order valence-electron chi connectivity index (χ3n) is 2.33. The van der Waals surface area contributed by atoms with Crippen LogP contribution >= 0.6 is 11.6 Å². The van der Waals surface area contributed by atoms with Crippen molar-refractivity contribution in [2.45, 2.75) is 26.3 Å². The van der Waals surface area contributed by atoms with E-state index in [0.717, 1.165) is 18.4 Å². The fourth-order valence-corrected chi connectivity index (χ4v) is 1.39. The molecule has 1 aromatic heterocycles. The number of aromatic nitrogens is 1. The Bertz CT molecular complexity index is 371. The molecule has 1 N–H and O–H groups in total. The molecule has 0 aliphatic heterocycles. The number of carbonyl (C=O) groups is 1. The van der Waals surface area contributed by atoms with Gasteiger partial charge in [-0.05, 0) is 18.1 Å². The molecule has 0 saturated carbocycles. The standard InChI is InChI=1S/C13H19ClN2O3/c1-2-3-6-18-7-8-19-13(17)16-10-11-4-5-12(14)15-9-11/h4-5,9H,2-3,6-8,10H2,1H3,(H,16,17). The number of pyridine rings is 1. The third-order valence-corrected chi connectivity index (χ3v) is 2.55. The van der Waals surface area contributed by atoms with Crippen molar-refractivity contribution in [3.8, 4) is 0 Å². The number of amides is 1. The average molecular weight is 287 g/mol. The molecule has 0 radical (unpaired) electrons. The van der Waals surface area contributed by atoms with Gasteiger partial charge in [-0.15, -0.1) is 0 Å². The molecule has 0 atom stereocenters. The molecule has 1 amide bonds. The van der Waals surface area contributed by atoms with Gasteiger partial charge in [0.1, 0.15) is 11.8 Å². The van der Waals surface area contributed by atoms with Crippen LogP contribution in [-0.4, -0.2) is 30.9 Å². The summed E-state index contributed by atoms with van der Waals surface area (Å²) in [6.45, 7) is 3.85. The summed E-state index contributed by atoms with van der Waals surface area (Å²) in [5.41, 5.74) is 0.862. The maximum atomic E-state index is 11.3. The van der Waals surface area contributed by atoms with Gasteiger partial charge in [0.25, 0.3) is 0 Å². The molecule has 19 heavy (non-hydrogen) atoms. The molecule has 6 heteroatoms. The summed E-state index contributed by atoms with van der Waals surface area (Å²) in [5, 5.41) is 3.05. The number of hydrogen-bond donors (Lipinski definition) is 1. The van der Waals surface area contributed by atoms with Gasteiger partial charge in [-0.2, -0.15) is 0 Å². The maximum absolute atomic E-state index is 11.3. The molecule has 106 valence electrons. The zero-order chi connectivity index (χ0) is 13.9. The van der Waals surface area contributed by atoms with Crippen molar-refractivity contribution in [3.05, 3.63) is 29.0 Å². The lowest BCUT2D eigenvalue weighted by molar-refractivity contribution is 0.0713. The van der Waals surface area contributed by atoms with Gasteiger partial charge in [0.05, 0.1) is 6.61 Å². The number of unbranched alkanes of at least 4 members (excludes halogenated alkanes) is 1. The number of carbonyl (C=O) groups excluding carboxylic acids is 1. The first-order valence-corrected chi connectivity index (χ1v) is 6.69. The zero-order valence-electron chi connectivity index (χ0n) is 11.0. The fourth-order valence-electron chi connectivity index (χ4n) is 1.28. The first kappa shape index (κ1) is 15.7. The van der Waals surface area contributed by atoms with Crippen LogP contribution in [0.4, 0.5) is 4.79 Å². The zero-order valence-corrected chi connectivity index (χ0v) is 11.8. The van der Waals surface area contributed by atoms with E-state index < -0.39 is 6.09 Å². The summed E-state index contributed by atoms with van der Waals surface area (Å²) in [6.07, 6.45) is 3.26. The molecular formula is C13H19ClN2O3. The molecule has 0 unspecified atom stereocenters. The number of nitrogens with one attached hydrogen (secondary N) is 1. The van der Waals surface area contributed by atoms with E-state index in [2.05, 4.69) is 17.2 Å². The molecule has 0 aliphatic rings. The molecule has 0 spiro atoms. The van der Waals surface area contributed by atoms with Crippen molar-refractivity contribution in [3.63, 3.8) is 0 Å². The SMILES string of the molecule is CCCCOCCOC(=O)NCc1ccc(Cl)nc1. The molecule has 1 aromatic rings. The van der Waals surface area contributed by atoms with Crippen LogP contribution in [0.3, 0.4) is 0 Å². The van der Waals surface area contributed by atoms with Crippen LogP contribution in [0.15, 0.2) is 18.3 Å². The fraction of sp³-hybridized carbons (Fsp3) is 0.538. The van der Waals surface area contributed by atoms with Gasteiger partial charge in [0.2, 0.25) is 0 Å². The van der Waals surface area contributed by atoms with Crippen molar-refractivity contribution >= 4 is 17.7 Å². The van der Waals surface area contributed by atoms with Crippen LogP contribution in [0.1, 0.15) is 25.3 Å². The van der Waals surface area contributed by atoms with E-state index in [1.54, 1.807) is 18.3 Å². The molecular weight excluding hydrogens is 268 g/mol. The number of rotatable bonds is 8. The van der Waals surface area contributed by atoms with E-state index in [1.165, 1.54) is 0 Å². The predicted molar refractivity (Wildman–Crippen MR) is 73.2 cm³/mol. The van der Waals surface area contributed by atoms with Crippen molar-refractivity contribution in [2.75, 3.05) is 19.8 Å². The molecule has 0 fully saturated rings. The van der Waals surface area contributed by atoms with Gasteiger partial charge in [0, 0.05) is 19.3 Å². The first-order valence-electron chi connectivity index (χ1n) is 6.31. The number of hydrogen-bond acceptors (Lipinski definition) is 4. The summed E-state index contributed by atoms with van der Waals surface area (Å²) in [6, 6.07) is 3.47. The summed E-state index contributed by atoms with van der Waals surface area (Å²) >= 11 is 5.66. The highest BCUT2D eigenvalue weighted by molar-refractivity contribution is 6.29. The summed E-state index contributed by atoms with van der Waals surface area (Å²) in [5.74, 6) is 0. The van der Waals surface area contributed by atoms with E-state index in [0.29, 0.717) is 24.9 Å². The quantitative estimate of drug-likeness (QED) is 0.590. The van der Waals surface area contributed by atoms with Crippen LogP contribution in [0, 0.1) is 0 Å². The van der Waals surface area contributed by atoms with Crippen LogP contribution in [0.25, 0.3) is 0 Å². The van der Waals surface area contributed by atoms with Gasteiger partial charge < -0.3 is 14.8 Å². The minimum Gasteiger partial charge on any atom is -0.447 e. The van der Waals surface area contributed by atoms with Crippen LogP contribution in [-0.2, 0) is 16.0 Å². The lowest BCUT2D eigenvalue weighted by Crippen LogP contribution is -2.25. The van der Waals surface area contributed by atoms with Crippen molar-refractivity contribution < 1.29 is 14.3 Å². The number of halogens is 1. The minimum absolute atomic E-state index is 0.258. The number of alkyl carbamates (subject to hydrolysis) is 1. The normalized spacial score (nSPS) is 10.2. The maximum Gasteiger partial charge on any atom is 0.407 e. The largest absolute Gasteiger partial charge is 0.447 e. The van der Waals surface area contributed by atoms with Crippen molar-refractivity contribution in [1.82, 2.24) is 10.3 Å². The highest BCUT2D eigenvalue weighted by atomic mass is 35.5. The van der Waals surface area contributed by atoms with E-state index in [-0.39, 0.29) is 6.61 Å². The molecule has 0 aliphatic carbocycles. The Morgan fingerprint density at radius 1 is 1.37 bits per heavy atom. The number of nitrogens with zero attached hydrogens (tertiary/aromatic N) is 1. The minimum atomic E-state index is -0.464. The van der Waals surface area contributed by atoms with Gasteiger partial charge in [-0.1, -0.05) is 31.0 Å². The van der Waals surface area contributed by atoms with Gasteiger partial charge >= 0.3 is 6.09 Å². The Labute approximate surface area is 118 Å². The van der Waals surface area contributed by atoms with E-state index >= 15 is 0 Å². The Morgan fingerprint density at radius 2 is 2.21 bits per heavy atom. The molecule has 0 aromatic carbocycles. The Kier molecular flexibility index (Phi) is 7.93. The molecule has 1 heterocycles. The molecule has 5 nitrogen and oxygen atoms in total. The molecule has 1 rings (SSSR count). The topological polar surface area (TPSA) is 60.5 Å². The third kappa shape index (κ3) is 7.64. The van der Waals surface area contributed by atoms with Gasteiger partial charge in [-0.25, -0.2) is 9.78 Å². The van der Waals surface area contributed by atoms with Crippen molar-refractivity contribution in [2.24, 2.45) is 0 Å². The monoisotopic (exact) mass is 286 g/mol. The van der Waals surface area contributed by atoms with Gasteiger partial charge in [0.15, 0.2) is 0 Å². The highest BCUT2D eigenvalue weighted by Gasteiger charge is 2.02. The summed E-state index contributed by atoms with van der Waals surface area (Å²) < 4.78 is 10.2.